The van der Waals surface area contributed by atoms with Gasteiger partial charge in [-0.2, -0.15) is 0 Å². The maximum absolute atomic E-state index is 8.63. The summed E-state index contributed by atoms with van der Waals surface area (Å²) in [5.74, 6) is 0.322. The highest BCUT2D eigenvalue weighted by molar-refractivity contribution is 5.18. The molecule has 0 aromatic heterocycles. The predicted octanol–water partition coefficient (Wildman–Crippen LogP) is 1.76. The molecule has 0 spiro atoms. The highest BCUT2D eigenvalue weighted by atomic mass is 16.5. The van der Waals surface area contributed by atoms with Gasteiger partial charge in [0.25, 0.3) is 0 Å². The first-order valence-electron chi connectivity index (χ1n) is 4.27. The number of phenols is 1. The van der Waals surface area contributed by atoms with Crippen LogP contribution < -0.4 is 5.73 Å². The van der Waals surface area contributed by atoms with E-state index < -0.39 is 0 Å². The third-order valence-electron chi connectivity index (χ3n) is 1.48. The van der Waals surface area contributed by atoms with Gasteiger partial charge in [0.05, 0.1) is 6.26 Å². The van der Waals surface area contributed by atoms with Gasteiger partial charge in [0.1, 0.15) is 5.75 Å². The molecule has 3 nitrogen and oxygen atoms in total. The van der Waals surface area contributed by atoms with Crippen molar-refractivity contribution in [1.29, 1.82) is 0 Å². The zero-order chi connectivity index (χ0) is 10.2. The van der Waals surface area contributed by atoms with Crippen LogP contribution in [0.4, 0.5) is 0 Å². The van der Waals surface area contributed by atoms with Crippen LogP contribution in [0, 0.1) is 0 Å². The first-order valence-corrected chi connectivity index (χ1v) is 4.27. The number of phenolic OH excluding ortho intramolecular Hbond substituents is 1. The lowest BCUT2D eigenvalue weighted by Crippen LogP contribution is -2.19. The highest BCUT2D eigenvalue weighted by Crippen LogP contribution is 2.02. The fourth-order valence-corrected chi connectivity index (χ4v) is 0.828. The Morgan fingerprint density at radius 3 is 2.14 bits per heavy atom. The van der Waals surface area contributed by atoms with Gasteiger partial charge >= 0.3 is 0 Å². The zero-order valence-corrected chi connectivity index (χ0v) is 7.71. The number of ether oxygens (including phenoxy) is 1. The molecule has 0 amide bonds. The molecule has 1 heterocycles. The van der Waals surface area contributed by atoms with E-state index in [-0.39, 0.29) is 6.23 Å². The van der Waals surface area contributed by atoms with Gasteiger partial charge in [-0.25, -0.2) is 0 Å². The summed E-state index contributed by atoms with van der Waals surface area (Å²) in [6, 6.07) is 8.71. The van der Waals surface area contributed by atoms with Gasteiger partial charge in [-0.05, 0) is 24.3 Å². The van der Waals surface area contributed by atoms with Crippen molar-refractivity contribution in [2.75, 3.05) is 0 Å². The molecule has 1 aliphatic rings. The second kappa shape index (κ2) is 5.83. The Balaban J connectivity index is 0.000000140. The zero-order valence-electron chi connectivity index (χ0n) is 7.71. The van der Waals surface area contributed by atoms with Crippen LogP contribution in [0.25, 0.3) is 0 Å². The van der Waals surface area contributed by atoms with Crippen LogP contribution in [-0.2, 0) is 4.74 Å². The quantitative estimate of drug-likeness (QED) is 0.657. The largest absolute Gasteiger partial charge is 0.508 e. The predicted molar refractivity (Wildman–Crippen MR) is 55.4 cm³/mol. The second-order valence-corrected chi connectivity index (χ2v) is 2.65. The number of rotatable bonds is 0. The van der Waals surface area contributed by atoms with Crippen LogP contribution in [0.5, 0.6) is 5.75 Å². The molecule has 74 valence electrons. The van der Waals surface area contributed by atoms with Crippen molar-refractivity contribution in [3.63, 3.8) is 0 Å². The van der Waals surface area contributed by atoms with Gasteiger partial charge in [-0.15, -0.1) is 0 Å². The van der Waals surface area contributed by atoms with Gasteiger partial charge in [0.2, 0.25) is 0 Å². The van der Waals surface area contributed by atoms with Crippen LogP contribution in [0.2, 0.25) is 0 Å². The Morgan fingerprint density at radius 1 is 1.14 bits per heavy atom. The molecular formula is C11H13NO2. The molecule has 3 heteroatoms. The van der Waals surface area contributed by atoms with E-state index in [4.69, 9.17) is 15.6 Å². The van der Waals surface area contributed by atoms with E-state index >= 15 is 0 Å². The number of benzene rings is 1. The molecule has 0 saturated heterocycles. The van der Waals surface area contributed by atoms with Gasteiger partial charge < -0.3 is 9.84 Å². The highest BCUT2D eigenvalue weighted by Gasteiger charge is 1.92. The third kappa shape index (κ3) is 4.33. The summed E-state index contributed by atoms with van der Waals surface area (Å²) in [4.78, 5) is 0. The molecule has 0 aliphatic carbocycles. The fourth-order valence-electron chi connectivity index (χ4n) is 0.828. The number of hydrogen-bond donors (Lipinski definition) is 2. The number of aromatic hydroxyl groups is 1. The molecule has 1 atom stereocenters. The summed E-state index contributed by atoms with van der Waals surface area (Å²) in [5, 5.41) is 8.63. The van der Waals surface area contributed by atoms with Crippen LogP contribution in [-0.4, -0.2) is 11.3 Å². The van der Waals surface area contributed by atoms with Gasteiger partial charge in [0.15, 0.2) is 6.23 Å². The summed E-state index contributed by atoms with van der Waals surface area (Å²) in [6.07, 6.45) is 6.77. The lowest BCUT2D eigenvalue weighted by Gasteiger charge is -2.06. The summed E-state index contributed by atoms with van der Waals surface area (Å²) in [6.45, 7) is 0. The summed E-state index contributed by atoms with van der Waals surface area (Å²) in [7, 11) is 0. The molecular weight excluding hydrogens is 178 g/mol. The summed E-state index contributed by atoms with van der Waals surface area (Å²) >= 11 is 0. The van der Waals surface area contributed by atoms with Crippen molar-refractivity contribution >= 4 is 0 Å². The maximum atomic E-state index is 8.63. The monoisotopic (exact) mass is 191 g/mol. The molecule has 3 N–H and O–H groups in total. The first-order chi connectivity index (χ1) is 6.79. The van der Waals surface area contributed by atoms with Crippen molar-refractivity contribution in [3.05, 3.63) is 54.8 Å². The molecule has 1 aromatic rings. The molecule has 0 fully saturated rings. The van der Waals surface area contributed by atoms with Crippen LogP contribution in [0.1, 0.15) is 0 Å². The number of allylic oxidation sites excluding steroid dienone is 2. The molecule has 0 radical (unpaired) electrons. The van der Waals surface area contributed by atoms with Gasteiger partial charge in [-0.1, -0.05) is 24.3 Å². The topological polar surface area (TPSA) is 55.5 Å². The average molecular weight is 191 g/mol. The smallest absolute Gasteiger partial charge is 0.166 e. The van der Waals surface area contributed by atoms with Crippen molar-refractivity contribution in [2.45, 2.75) is 6.23 Å². The summed E-state index contributed by atoms with van der Waals surface area (Å²) < 4.78 is 4.79. The minimum Gasteiger partial charge on any atom is -0.508 e. The maximum Gasteiger partial charge on any atom is 0.166 e. The number of nitrogens with two attached hydrogens (primary N) is 1. The minimum absolute atomic E-state index is 0.231. The molecule has 1 aromatic carbocycles. The van der Waals surface area contributed by atoms with E-state index in [2.05, 4.69) is 0 Å². The fraction of sp³-hybridized carbons (Fsp3) is 0.0909. The molecule has 1 aliphatic heterocycles. The van der Waals surface area contributed by atoms with E-state index in [1.807, 2.05) is 12.1 Å². The first kappa shape index (κ1) is 10.3. The lowest BCUT2D eigenvalue weighted by molar-refractivity contribution is 0.190. The molecule has 1 unspecified atom stereocenters. The minimum atomic E-state index is -0.231. The standard InChI is InChI=1S/C6H6O.C5H7NO/c7-6-4-2-1-3-5-6;6-5-3-1-2-4-7-5/h1-5,7H;1-5H,6H2. The van der Waals surface area contributed by atoms with E-state index in [1.54, 1.807) is 42.7 Å². The van der Waals surface area contributed by atoms with Crippen LogP contribution >= 0.6 is 0 Å². The van der Waals surface area contributed by atoms with E-state index in [0.717, 1.165) is 0 Å². The average Bonchev–Trinajstić information content (AvgIpc) is 2.21. The normalized spacial score (nSPS) is 17.9. The number of para-hydroxylation sites is 1. The third-order valence-corrected chi connectivity index (χ3v) is 1.48. The van der Waals surface area contributed by atoms with Gasteiger partial charge in [-0.3, -0.25) is 5.73 Å². The van der Waals surface area contributed by atoms with E-state index in [9.17, 15) is 0 Å². The summed E-state index contributed by atoms with van der Waals surface area (Å²) in [5.41, 5.74) is 5.27. The van der Waals surface area contributed by atoms with Crippen LogP contribution in [0.15, 0.2) is 54.8 Å². The Morgan fingerprint density at radius 2 is 1.86 bits per heavy atom. The Hall–Kier alpha value is -1.74. The van der Waals surface area contributed by atoms with Crippen LogP contribution in [0.3, 0.4) is 0 Å². The van der Waals surface area contributed by atoms with Crippen molar-refractivity contribution in [1.82, 2.24) is 0 Å². The van der Waals surface area contributed by atoms with Crippen molar-refractivity contribution in [3.8, 4) is 5.75 Å². The second-order valence-electron chi connectivity index (χ2n) is 2.65. The SMILES string of the molecule is NC1C=CC=CO1.Oc1ccccc1. The molecule has 0 bridgehead atoms. The molecule has 14 heavy (non-hydrogen) atoms. The Bertz CT molecular complexity index is 306. The van der Waals surface area contributed by atoms with E-state index in [1.165, 1.54) is 0 Å². The van der Waals surface area contributed by atoms with Crippen molar-refractivity contribution < 1.29 is 9.84 Å². The molecule has 2 rings (SSSR count). The molecule has 0 saturated carbocycles. The lowest BCUT2D eigenvalue weighted by atomic mass is 10.3. The van der Waals surface area contributed by atoms with Crippen molar-refractivity contribution in [2.24, 2.45) is 5.73 Å². The van der Waals surface area contributed by atoms with E-state index in [0.29, 0.717) is 5.75 Å². The Labute approximate surface area is 83.1 Å². The Kier molecular flexibility index (Phi) is 4.31. The number of hydrogen-bond acceptors (Lipinski definition) is 3. The van der Waals surface area contributed by atoms with Gasteiger partial charge in [0, 0.05) is 0 Å².